The lowest BCUT2D eigenvalue weighted by atomic mass is 9.96. The average Bonchev–Trinajstić information content (AvgIpc) is 3.16. The number of thiophene rings is 1. The summed E-state index contributed by atoms with van der Waals surface area (Å²) in [7, 11) is 0. The number of nitrogens with zero attached hydrogens (tertiary/aromatic N) is 1. The fraction of sp³-hybridized carbons (Fsp3) is 0.368. The monoisotopic (exact) mass is 376 g/mol. The van der Waals surface area contributed by atoms with Crippen LogP contribution in [-0.2, 0) is 4.79 Å². The smallest absolute Gasteiger partial charge is 0.263 e. The molecule has 0 aliphatic carbocycles. The minimum atomic E-state index is -0.160. The second kappa shape index (κ2) is 8.02. The maximum atomic E-state index is 12.6. The van der Waals surface area contributed by atoms with Crippen molar-refractivity contribution in [3.05, 3.63) is 57.2 Å². The van der Waals surface area contributed by atoms with Crippen molar-refractivity contribution in [3.8, 4) is 0 Å². The van der Waals surface area contributed by atoms with E-state index in [0.717, 1.165) is 23.3 Å². The number of carbonyl (C=O) groups is 2. The maximum Gasteiger partial charge on any atom is 0.263 e. The topological polar surface area (TPSA) is 49.4 Å². The second-order valence-corrected chi connectivity index (χ2v) is 7.73. The van der Waals surface area contributed by atoms with Crippen LogP contribution in [0.5, 0.6) is 0 Å². The summed E-state index contributed by atoms with van der Waals surface area (Å²) in [5.41, 5.74) is 1.01. The van der Waals surface area contributed by atoms with Crippen LogP contribution in [0.4, 0.5) is 0 Å². The van der Waals surface area contributed by atoms with Crippen LogP contribution >= 0.6 is 22.9 Å². The zero-order chi connectivity index (χ0) is 17.8. The zero-order valence-electron chi connectivity index (χ0n) is 14.1. The van der Waals surface area contributed by atoms with Crippen LogP contribution in [-0.4, -0.2) is 29.8 Å². The van der Waals surface area contributed by atoms with E-state index in [4.69, 9.17) is 11.6 Å². The average molecular weight is 377 g/mol. The van der Waals surface area contributed by atoms with E-state index in [0.29, 0.717) is 18.1 Å². The highest BCUT2D eigenvalue weighted by Crippen LogP contribution is 2.22. The Morgan fingerprint density at radius 1 is 1.28 bits per heavy atom. The van der Waals surface area contributed by atoms with E-state index in [9.17, 15) is 9.59 Å². The molecule has 1 aromatic heterocycles. The first-order valence-corrected chi connectivity index (χ1v) is 9.69. The molecule has 2 aromatic rings. The van der Waals surface area contributed by atoms with Gasteiger partial charge in [-0.05, 0) is 48.9 Å². The van der Waals surface area contributed by atoms with Crippen LogP contribution < -0.4 is 5.32 Å². The quantitative estimate of drug-likeness (QED) is 0.872. The minimum Gasteiger partial charge on any atom is -0.349 e. The number of carbonyl (C=O) groups excluding carboxylic acids is 2. The molecule has 1 aliphatic heterocycles. The van der Waals surface area contributed by atoms with Crippen molar-refractivity contribution in [1.29, 1.82) is 0 Å². The molecule has 1 N–H and O–H groups in total. The van der Waals surface area contributed by atoms with Gasteiger partial charge in [0, 0.05) is 18.1 Å². The lowest BCUT2D eigenvalue weighted by Crippen LogP contribution is -2.45. The van der Waals surface area contributed by atoms with Crippen LogP contribution in [0.1, 0.15) is 41.0 Å². The van der Waals surface area contributed by atoms with Gasteiger partial charge < -0.3 is 10.2 Å². The predicted molar refractivity (Wildman–Crippen MR) is 101 cm³/mol. The van der Waals surface area contributed by atoms with Crippen molar-refractivity contribution < 1.29 is 9.59 Å². The van der Waals surface area contributed by atoms with Gasteiger partial charge in [0.25, 0.3) is 5.91 Å². The molecule has 0 unspecified atom stereocenters. The summed E-state index contributed by atoms with van der Waals surface area (Å²) in [6, 6.07) is 11.1. The summed E-state index contributed by atoms with van der Waals surface area (Å²) in [5, 5.41) is 5.64. The van der Waals surface area contributed by atoms with Crippen LogP contribution in [0.2, 0.25) is 5.02 Å². The summed E-state index contributed by atoms with van der Waals surface area (Å²) in [5.74, 6) is -0.128. The Hall–Kier alpha value is -1.85. The number of nitrogens with one attached hydrogen (secondary N) is 1. The van der Waals surface area contributed by atoms with Crippen LogP contribution in [0.25, 0.3) is 0 Å². The minimum absolute atomic E-state index is 0.00568. The maximum absolute atomic E-state index is 12.6. The Balaban J connectivity index is 1.60. The Labute approximate surface area is 156 Å². The highest BCUT2D eigenvalue weighted by molar-refractivity contribution is 7.12. The SMILES string of the molecule is C[C@H](NC(=O)[C@H]1CCCN(C(=O)c2cccs2)C1)c1ccc(Cl)cc1. The summed E-state index contributed by atoms with van der Waals surface area (Å²) < 4.78 is 0. The summed E-state index contributed by atoms with van der Waals surface area (Å²) in [6.45, 7) is 3.15. The molecule has 3 rings (SSSR count). The number of rotatable bonds is 4. The van der Waals surface area contributed by atoms with E-state index in [1.54, 1.807) is 4.90 Å². The molecule has 0 spiro atoms. The molecule has 0 saturated carbocycles. The largest absolute Gasteiger partial charge is 0.349 e. The highest BCUT2D eigenvalue weighted by Gasteiger charge is 2.29. The highest BCUT2D eigenvalue weighted by atomic mass is 35.5. The molecule has 0 radical (unpaired) electrons. The fourth-order valence-electron chi connectivity index (χ4n) is 3.10. The molecule has 1 aliphatic rings. The van der Waals surface area contributed by atoms with Crippen molar-refractivity contribution >= 4 is 34.8 Å². The van der Waals surface area contributed by atoms with Gasteiger partial charge in [-0.25, -0.2) is 0 Å². The van der Waals surface area contributed by atoms with Gasteiger partial charge in [-0.3, -0.25) is 9.59 Å². The molecule has 25 heavy (non-hydrogen) atoms. The van der Waals surface area contributed by atoms with Crippen molar-refractivity contribution in [2.24, 2.45) is 5.92 Å². The second-order valence-electron chi connectivity index (χ2n) is 6.35. The Morgan fingerprint density at radius 2 is 2.04 bits per heavy atom. The molecule has 1 saturated heterocycles. The molecule has 6 heteroatoms. The van der Waals surface area contributed by atoms with E-state index in [1.807, 2.05) is 48.7 Å². The lowest BCUT2D eigenvalue weighted by Gasteiger charge is -2.32. The molecular formula is C19H21ClN2O2S. The van der Waals surface area contributed by atoms with Crippen LogP contribution in [0, 0.1) is 5.92 Å². The van der Waals surface area contributed by atoms with E-state index < -0.39 is 0 Å². The molecular weight excluding hydrogens is 356 g/mol. The van der Waals surface area contributed by atoms with E-state index >= 15 is 0 Å². The van der Waals surface area contributed by atoms with Gasteiger partial charge in [-0.1, -0.05) is 29.8 Å². The predicted octanol–water partition coefficient (Wildman–Crippen LogP) is 4.13. The molecule has 2 amide bonds. The molecule has 2 atom stereocenters. The fourth-order valence-corrected chi connectivity index (χ4v) is 3.91. The molecule has 132 valence electrons. The van der Waals surface area contributed by atoms with Gasteiger partial charge in [0.05, 0.1) is 16.8 Å². The normalized spacial score (nSPS) is 18.6. The number of hydrogen-bond acceptors (Lipinski definition) is 3. The number of likely N-dealkylation sites (tertiary alicyclic amines) is 1. The van der Waals surface area contributed by atoms with E-state index in [1.165, 1.54) is 11.3 Å². The Kier molecular flexibility index (Phi) is 5.76. The third kappa shape index (κ3) is 4.41. The zero-order valence-corrected chi connectivity index (χ0v) is 15.6. The Morgan fingerprint density at radius 3 is 2.72 bits per heavy atom. The van der Waals surface area contributed by atoms with Crippen LogP contribution in [0.3, 0.4) is 0 Å². The lowest BCUT2D eigenvalue weighted by molar-refractivity contribution is -0.127. The first-order valence-electron chi connectivity index (χ1n) is 8.43. The number of hydrogen-bond donors (Lipinski definition) is 1. The van der Waals surface area contributed by atoms with E-state index in [-0.39, 0.29) is 23.8 Å². The van der Waals surface area contributed by atoms with E-state index in [2.05, 4.69) is 5.32 Å². The molecule has 1 fully saturated rings. The number of benzene rings is 1. The summed E-state index contributed by atoms with van der Waals surface area (Å²) in [4.78, 5) is 27.7. The van der Waals surface area contributed by atoms with Gasteiger partial charge >= 0.3 is 0 Å². The summed E-state index contributed by atoms with van der Waals surface area (Å²) >= 11 is 7.35. The third-order valence-corrected chi connectivity index (χ3v) is 5.65. The number of halogens is 1. The first kappa shape index (κ1) is 18.0. The molecule has 4 nitrogen and oxygen atoms in total. The molecule has 1 aromatic carbocycles. The van der Waals surface area contributed by atoms with Crippen molar-refractivity contribution in [2.45, 2.75) is 25.8 Å². The first-order chi connectivity index (χ1) is 12.0. The van der Waals surface area contributed by atoms with Gasteiger partial charge in [0.15, 0.2) is 0 Å². The standard InChI is InChI=1S/C19H21ClN2O2S/c1-13(14-6-8-16(20)9-7-14)21-18(23)15-4-2-10-22(12-15)19(24)17-5-3-11-25-17/h3,5-9,11,13,15H,2,4,10,12H2,1H3,(H,21,23)/t13-,15-/m0/s1. The number of piperidine rings is 1. The Bertz CT molecular complexity index is 730. The van der Waals surface area contributed by atoms with Crippen LogP contribution in [0.15, 0.2) is 41.8 Å². The molecule has 0 bridgehead atoms. The van der Waals surface area contributed by atoms with Gasteiger partial charge in [-0.15, -0.1) is 11.3 Å². The third-order valence-electron chi connectivity index (χ3n) is 4.54. The number of amides is 2. The van der Waals surface area contributed by atoms with Crippen molar-refractivity contribution in [3.63, 3.8) is 0 Å². The van der Waals surface area contributed by atoms with Gasteiger partial charge in [0.1, 0.15) is 0 Å². The van der Waals surface area contributed by atoms with Crippen molar-refractivity contribution in [1.82, 2.24) is 10.2 Å². The van der Waals surface area contributed by atoms with Gasteiger partial charge in [0.2, 0.25) is 5.91 Å². The van der Waals surface area contributed by atoms with Gasteiger partial charge in [-0.2, -0.15) is 0 Å². The van der Waals surface area contributed by atoms with Crippen molar-refractivity contribution in [2.75, 3.05) is 13.1 Å². The molecule has 2 heterocycles. The summed E-state index contributed by atoms with van der Waals surface area (Å²) in [6.07, 6.45) is 1.66.